The third-order valence-electron chi connectivity index (χ3n) is 4.12. The molecule has 1 aliphatic rings. The summed E-state index contributed by atoms with van der Waals surface area (Å²) in [4.78, 5) is 27.8. The number of hydrogen-bond donors (Lipinski definition) is 1. The molecule has 0 aliphatic carbocycles. The zero-order valence-electron chi connectivity index (χ0n) is 14.7. The lowest BCUT2D eigenvalue weighted by Crippen LogP contribution is -2.37. The third kappa shape index (κ3) is 4.72. The van der Waals surface area contributed by atoms with Gasteiger partial charge in [0, 0.05) is 30.5 Å². The number of rotatable bonds is 6. The van der Waals surface area contributed by atoms with Crippen LogP contribution >= 0.6 is 0 Å². The largest absolute Gasteiger partial charge is 0.435 e. The number of nitrogens with one attached hydrogen (secondary N) is 1. The second-order valence-corrected chi connectivity index (χ2v) is 6.15. The molecule has 1 aliphatic heterocycles. The van der Waals surface area contributed by atoms with Crippen molar-refractivity contribution in [2.75, 3.05) is 29.9 Å². The lowest BCUT2D eigenvalue weighted by atomic mass is 10.2. The van der Waals surface area contributed by atoms with Crippen LogP contribution in [0.5, 0.6) is 5.75 Å². The second-order valence-electron chi connectivity index (χ2n) is 6.15. The van der Waals surface area contributed by atoms with Gasteiger partial charge in [-0.25, -0.2) is 4.79 Å². The number of carbonyl (C=O) groups is 2. The van der Waals surface area contributed by atoms with E-state index in [-0.39, 0.29) is 18.3 Å². The number of anilines is 2. The van der Waals surface area contributed by atoms with Gasteiger partial charge >= 0.3 is 12.6 Å². The first-order valence-corrected chi connectivity index (χ1v) is 8.40. The molecule has 0 aromatic heterocycles. The highest BCUT2D eigenvalue weighted by molar-refractivity contribution is 5.99. The first-order chi connectivity index (χ1) is 12.9. The Labute approximate surface area is 155 Å². The maximum absolute atomic E-state index is 12.5. The molecule has 1 fully saturated rings. The molecule has 1 saturated heterocycles. The molecule has 2 aromatic rings. The maximum atomic E-state index is 12.5. The van der Waals surface area contributed by atoms with Gasteiger partial charge in [-0.1, -0.05) is 23.8 Å². The molecule has 0 atom stereocenters. The number of alkyl halides is 2. The van der Waals surface area contributed by atoms with E-state index in [1.54, 1.807) is 11.0 Å². The van der Waals surface area contributed by atoms with E-state index in [1.165, 1.54) is 23.1 Å². The zero-order chi connectivity index (χ0) is 19.4. The highest BCUT2D eigenvalue weighted by Crippen LogP contribution is 2.22. The monoisotopic (exact) mass is 375 g/mol. The molecule has 1 N–H and O–H groups in total. The summed E-state index contributed by atoms with van der Waals surface area (Å²) in [6.07, 6.45) is 0. The van der Waals surface area contributed by atoms with Crippen molar-refractivity contribution in [3.8, 4) is 5.75 Å². The van der Waals surface area contributed by atoms with Gasteiger partial charge in [0.15, 0.2) is 0 Å². The Morgan fingerprint density at radius 2 is 1.93 bits per heavy atom. The SMILES string of the molecule is Cc1ccc(N2CCN(CC(=O)Nc3cccc(OC(F)F)c3)C2=O)cc1. The van der Waals surface area contributed by atoms with E-state index >= 15 is 0 Å². The zero-order valence-corrected chi connectivity index (χ0v) is 14.7. The van der Waals surface area contributed by atoms with Crippen LogP contribution in [0.4, 0.5) is 25.0 Å². The number of benzene rings is 2. The molecule has 27 heavy (non-hydrogen) atoms. The van der Waals surface area contributed by atoms with Gasteiger partial charge in [-0.15, -0.1) is 0 Å². The summed E-state index contributed by atoms with van der Waals surface area (Å²) in [5.74, 6) is -0.464. The minimum Gasteiger partial charge on any atom is -0.435 e. The lowest BCUT2D eigenvalue weighted by Gasteiger charge is -2.18. The molecule has 3 amide bonds. The Kier molecular flexibility index (Phi) is 5.54. The number of hydrogen-bond acceptors (Lipinski definition) is 3. The molecule has 0 radical (unpaired) electrons. The molecule has 1 heterocycles. The van der Waals surface area contributed by atoms with Gasteiger partial charge in [-0.2, -0.15) is 8.78 Å². The van der Waals surface area contributed by atoms with Crippen LogP contribution in [0.3, 0.4) is 0 Å². The van der Waals surface area contributed by atoms with Crippen molar-refractivity contribution in [2.45, 2.75) is 13.5 Å². The van der Waals surface area contributed by atoms with E-state index in [4.69, 9.17) is 0 Å². The van der Waals surface area contributed by atoms with Crippen molar-refractivity contribution in [3.05, 3.63) is 54.1 Å². The first-order valence-electron chi connectivity index (χ1n) is 8.40. The highest BCUT2D eigenvalue weighted by atomic mass is 19.3. The topological polar surface area (TPSA) is 61.9 Å². The summed E-state index contributed by atoms with van der Waals surface area (Å²) >= 11 is 0. The van der Waals surface area contributed by atoms with Gasteiger partial charge in [0.2, 0.25) is 5.91 Å². The molecule has 0 spiro atoms. The lowest BCUT2D eigenvalue weighted by molar-refractivity contribution is -0.116. The Morgan fingerprint density at radius 3 is 2.63 bits per heavy atom. The average Bonchev–Trinajstić information content (AvgIpc) is 2.96. The Morgan fingerprint density at radius 1 is 1.19 bits per heavy atom. The number of halogens is 2. The second kappa shape index (κ2) is 8.03. The van der Waals surface area contributed by atoms with Crippen LogP contribution < -0.4 is 15.0 Å². The van der Waals surface area contributed by atoms with Crippen LogP contribution in [0.15, 0.2) is 48.5 Å². The summed E-state index contributed by atoms with van der Waals surface area (Å²) in [5.41, 5.74) is 2.20. The number of amides is 3. The molecule has 0 bridgehead atoms. The quantitative estimate of drug-likeness (QED) is 0.841. The summed E-state index contributed by atoms with van der Waals surface area (Å²) in [5, 5.41) is 2.59. The Bertz CT molecular complexity index is 827. The first kappa shape index (κ1) is 18.6. The van der Waals surface area contributed by atoms with E-state index in [0.29, 0.717) is 18.8 Å². The number of carbonyl (C=O) groups excluding carboxylic acids is 2. The van der Waals surface area contributed by atoms with Crippen molar-refractivity contribution in [1.29, 1.82) is 0 Å². The molecule has 3 rings (SSSR count). The molecule has 6 nitrogen and oxygen atoms in total. The van der Waals surface area contributed by atoms with Crippen molar-refractivity contribution in [1.82, 2.24) is 4.90 Å². The van der Waals surface area contributed by atoms with Crippen LogP contribution in [0.25, 0.3) is 0 Å². The van der Waals surface area contributed by atoms with Crippen molar-refractivity contribution < 1.29 is 23.1 Å². The molecular formula is C19H19F2N3O3. The smallest absolute Gasteiger partial charge is 0.387 e. The predicted molar refractivity (Wildman–Crippen MR) is 97.2 cm³/mol. The number of ether oxygens (including phenoxy) is 1. The van der Waals surface area contributed by atoms with E-state index < -0.39 is 12.5 Å². The van der Waals surface area contributed by atoms with Crippen LogP contribution in [-0.4, -0.2) is 43.1 Å². The minimum absolute atomic E-state index is 0.0504. The average molecular weight is 375 g/mol. The van der Waals surface area contributed by atoms with Crippen molar-refractivity contribution in [3.63, 3.8) is 0 Å². The fourth-order valence-corrected chi connectivity index (χ4v) is 2.82. The highest BCUT2D eigenvalue weighted by Gasteiger charge is 2.30. The van der Waals surface area contributed by atoms with Gasteiger partial charge < -0.3 is 15.0 Å². The van der Waals surface area contributed by atoms with Crippen molar-refractivity contribution >= 4 is 23.3 Å². The third-order valence-corrected chi connectivity index (χ3v) is 4.12. The van der Waals surface area contributed by atoms with E-state index in [0.717, 1.165) is 11.3 Å². The standard InChI is InChI=1S/C19H19F2N3O3/c1-13-5-7-15(8-6-13)24-10-9-23(19(24)26)12-17(25)22-14-3-2-4-16(11-14)27-18(20)21/h2-8,11,18H,9-10,12H2,1H3,(H,22,25). The predicted octanol–water partition coefficient (Wildman–Crippen LogP) is 3.48. The van der Waals surface area contributed by atoms with Gasteiger partial charge in [0.1, 0.15) is 12.3 Å². The molecule has 2 aromatic carbocycles. The van der Waals surface area contributed by atoms with Crippen LogP contribution in [-0.2, 0) is 4.79 Å². The van der Waals surface area contributed by atoms with Gasteiger partial charge in [0.25, 0.3) is 0 Å². The summed E-state index contributed by atoms with van der Waals surface area (Å²) in [6, 6.07) is 13.0. The number of urea groups is 1. The molecule has 8 heteroatoms. The summed E-state index contributed by atoms with van der Waals surface area (Å²) in [6.45, 7) is -0.179. The van der Waals surface area contributed by atoms with E-state index in [1.807, 2.05) is 31.2 Å². The number of aryl methyl sites for hydroxylation is 1. The van der Waals surface area contributed by atoms with Gasteiger partial charge in [-0.05, 0) is 31.2 Å². The van der Waals surface area contributed by atoms with Gasteiger partial charge in [-0.3, -0.25) is 9.69 Å². The van der Waals surface area contributed by atoms with Crippen LogP contribution in [0.1, 0.15) is 5.56 Å². The fourth-order valence-electron chi connectivity index (χ4n) is 2.82. The molecule has 0 saturated carbocycles. The number of nitrogens with zero attached hydrogens (tertiary/aromatic N) is 2. The Balaban J connectivity index is 1.58. The molecular weight excluding hydrogens is 356 g/mol. The van der Waals surface area contributed by atoms with Crippen molar-refractivity contribution in [2.24, 2.45) is 0 Å². The summed E-state index contributed by atoms with van der Waals surface area (Å²) < 4.78 is 28.8. The Hall–Kier alpha value is -3.16. The normalized spacial score (nSPS) is 14.0. The van der Waals surface area contributed by atoms with E-state index in [9.17, 15) is 18.4 Å². The summed E-state index contributed by atoms with van der Waals surface area (Å²) in [7, 11) is 0. The van der Waals surface area contributed by atoms with E-state index in [2.05, 4.69) is 10.1 Å². The van der Waals surface area contributed by atoms with Crippen LogP contribution in [0.2, 0.25) is 0 Å². The molecule has 0 unspecified atom stereocenters. The van der Waals surface area contributed by atoms with Crippen LogP contribution in [0, 0.1) is 6.92 Å². The maximum Gasteiger partial charge on any atom is 0.387 e. The van der Waals surface area contributed by atoms with Gasteiger partial charge in [0.05, 0.1) is 0 Å². The fraction of sp³-hybridized carbons (Fsp3) is 0.263. The molecule has 142 valence electrons. The minimum atomic E-state index is -2.94.